The van der Waals surface area contributed by atoms with Gasteiger partial charge in [-0.3, -0.25) is 9.78 Å². The van der Waals surface area contributed by atoms with Crippen LogP contribution in [0.4, 0.5) is 5.82 Å². The third-order valence-electron chi connectivity index (χ3n) is 6.00. The summed E-state index contributed by atoms with van der Waals surface area (Å²) in [5.74, 6) is 2.68. The summed E-state index contributed by atoms with van der Waals surface area (Å²) in [7, 11) is 4.02. The molecule has 2 aromatic heterocycles. The average Bonchev–Trinajstić information content (AvgIpc) is 3.25. The fraction of sp³-hybridized carbons (Fsp3) is 0.545. The van der Waals surface area contributed by atoms with Crippen molar-refractivity contribution in [2.75, 3.05) is 25.5 Å². The third-order valence-corrected chi connectivity index (χ3v) is 6.00. The van der Waals surface area contributed by atoms with Gasteiger partial charge in [0.2, 0.25) is 5.91 Å². The highest BCUT2D eigenvalue weighted by atomic mass is 16.2. The van der Waals surface area contributed by atoms with Crippen molar-refractivity contribution in [2.24, 2.45) is 5.92 Å². The van der Waals surface area contributed by atoms with Crippen LogP contribution in [0.25, 0.3) is 11.4 Å². The van der Waals surface area contributed by atoms with Crippen LogP contribution in [-0.4, -0.2) is 46.4 Å². The number of fused-ring (bicyclic) bond motifs is 1. The molecule has 0 unspecified atom stereocenters. The molecule has 0 radical (unpaired) electrons. The number of anilines is 1. The van der Waals surface area contributed by atoms with Crippen LogP contribution in [0.15, 0.2) is 24.5 Å². The summed E-state index contributed by atoms with van der Waals surface area (Å²) >= 11 is 0. The summed E-state index contributed by atoms with van der Waals surface area (Å²) < 4.78 is 0. The summed E-state index contributed by atoms with van der Waals surface area (Å²) in [4.78, 5) is 30.6. The maximum Gasteiger partial charge on any atom is 0.222 e. The van der Waals surface area contributed by atoms with Gasteiger partial charge >= 0.3 is 0 Å². The first-order chi connectivity index (χ1) is 13.6. The third kappa shape index (κ3) is 4.01. The van der Waals surface area contributed by atoms with Gasteiger partial charge in [-0.05, 0) is 30.9 Å². The van der Waals surface area contributed by atoms with Gasteiger partial charge in [-0.25, -0.2) is 9.97 Å². The molecule has 148 valence electrons. The second kappa shape index (κ2) is 8.25. The number of hydrogen-bond acceptors (Lipinski definition) is 5. The molecule has 1 aliphatic carbocycles. The summed E-state index contributed by atoms with van der Waals surface area (Å²) in [6.07, 6.45) is 11.3. The highest BCUT2D eigenvalue weighted by Gasteiger charge is 2.27. The molecule has 6 heteroatoms. The van der Waals surface area contributed by atoms with E-state index in [4.69, 9.17) is 9.97 Å². The zero-order chi connectivity index (χ0) is 19.5. The van der Waals surface area contributed by atoms with Crippen molar-refractivity contribution >= 4 is 11.7 Å². The monoisotopic (exact) mass is 379 g/mol. The van der Waals surface area contributed by atoms with E-state index in [1.807, 2.05) is 36.0 Å². The molecule has 28 heavy (non-hydrogen) atoms. The van der Waals surface area contributed by atoms with Crippen LogP contribution in [-0.2, 0) is 17.8 Å². The Morgan fingerprint density at radius 3 is 2.64 bits per heavy atom. The maximum atomic E-state index is 12.8. The zero-order valence-electron chi connectivity index (χ0n) is 16.9. The molecule has 0 atom stereocenters. The van der Waals surface area contributed by atoms with E-state index in [1.54, 1.807) is 12.4 Å². The van der Waals surface area contributed by atoms with Gasteiger partial charge in [0.05, 0.1) is 12.2 Å². The van der Waals surface area contributed by atoms with Gasteiger partial charge in [0.25, 0.3) is 0 Å². The van der Waals surface area contributed by atoms with Gasteiger partial charge in [0, 0.05) is 50.6 Å². The van der Waals surface area contributed by atoms with E-state index in [-0.39, 0.29) is 5.91 Å². The van der Waals surface area contributed by atoms with Gasteiger partial charge in [-0.1, -0.05) is 25.7 Å². The summed E-state index contributed by atoms with van der Waals surface area (Å²) in [5, 5.41) is 0. The van der Waals surface area contributed by atoms with Crippen LogP contribution in [0.2, 0.25) is 0 Å². The normalized spacial score (nSPS) is 16.9. The van der Waals surface area contributed by atoms with Gasteiger partial charge in [0.15, 0.2) is 5.82 Å². The smallest absolute Gasteiger partial charge is 0.222 e. The van der Waals surface area contributed by atoms with Gasteiger partial charge < -0.3 is 9.80 Å². The van der Waals surface area contributed by atoms with E-state index in [1.165, 1.54) is 31.2 Å². The largest absolute Gasteiger partial charge is 0.362 e. The first-order valence-corrected chi connectivity index (χ1v) is 10.4. The van der Waals surface area contributed by atoms with Crippen molar-refractivity contribution < 1.29 is 4.79 Å². The molecule has 4 rings (SSSR count). The number of carbonyl (C=O) groups excluding carboxylic acids is 1. The van der Waals surface area contributed by atoms with E-state index < -0.39 is 0 Å². The van der Waals surface area contributed by atoms with Crippen molar-refractivity contribution in [3.05, 3.63) is 35.8 Å². The van der Waals surface area contributed by atoms with Crippen molar-refractivity contribution in [1.82, 2.24) is 19.9 Å². The fourth-order valence-corrected chi connectivity index (χ4v) is 4.41. The van der Waals surface area contributed by atoms with Crippen molar-refractivity contribution in [2.45, 2.75) is 51.5 Å². The average molecular weight is 380 g/mol. The minimum Gasteiger partial charge on any atom is -0.362 e. The minimum absolute atomic E-state index is 0.271. The number of carbonyl (C=O) groups is 1. The molecule has 6 nitrogen and oxygen atoms in total. The number of pyridine rings is 1. The molecule has 1 amide bonds. The molecule has 2 aliphatic rings. The van der Waals surface area contributed by atoms with Crippen LogP contribution in [0.5, 0.6) is 0 Å². The maximum absolute atomic E-state index is 12.8. The lowest BCUT2D eigenvalue weighted by atomic mass is 10.00. The zero-order valence-corrected chi connectivity index (χ0v) is 16.9. The lowest BCUT2D eigenvalue weighted by molar-refractivity contribution is -0.132. The molecule has 1 aliphatic heterocycles. The van der Waals surface area contributed by atoms with Crippen LogP contribution >= 0.6 is 0 Å². The Labute approximate surface area is 167 Å². The van der Waals surface area contributed by atoms with Crippen molar-refractivity contribution in [1.29, 1.82) is 0 Å². The van der Waals surface area contributed by atoms with E-state index in [9.17, 15) is 4.79 Å². The topological polar surface area (TPSA) is 62.2 Å². The highest BCUT2D eigenvalue weighted by molar-refractivity contribution is 5.76. The van der Waals surface area contributed by atoms with E-state index in [0.29, 0.717) is 18.8 Å². The number of aromatic nitrogens is 3. The Kier molecular flexibility index (Phi) is 5.55. The Morgan fingerprint density at radius 2 is 1.93 bits per heavy atom. The Hall–Kier alpha value is -2.50. The fourth-order valence-electron chi connectivity index (χ4n) is 4.41. The quantitative estimate of drug-likeness (QED) is 0.796. The predicted octanol–water partition coefficient (Wildman–Crippen LogP) is 3.46. The molecule has 1 fully saturated rings. The Bertz CT molecular complexity index is 830. The predicted molar refractivity (Wildman–Crippen MR) is 110 cm³/mol. The van der Waals surface area contributed by atoms with Crippen LogP contribution in [0.1, 0.15) is 49.8 Å². The second-order valence-corrected chi connectivity index (χ2v) is 8.18. The molecule has 0 spiro atoms. The van der Waals surface area contributed by atoms with Gasteiger partial charge in [0.1, 0.15) is 5.82 Å². The van der Waals surface area contributed by atoms with Crippen molar-refractivity contribution in [3.8, 4) is 11.4 Å². The number of hydrogen-bond donors (Lipinski definition) is 0. The lowest BCUT2D eigenvalue weighted by Crippen LogP contribution is -2.37. The number of amides is 1. The highest BCUT2D eigenvalue weighted by Crippen LogP contribution is 2.31. The molecule has 0 aromatic carbocycles. The minimum atomic E-state index is 0.271. The van der Waals surface area contributed by atoms with Gasteiger partial charge in [-0.15, -0.1) is 0 Å². The second-order valence-electron chi connectivity index (χ2n) is 8.18. The first kappa shape index (κ1) is 18.8. The molecule has 3 heterocycles. The first-order valence-electron chi connectivity index (χ1n) is 10.4. The molecule has 0 saturated heterocycles. The van der Waals surface area contributed by atoms with Crippen LogP contribution in [0.3, 0.4) is 0 Å². The van der Waals surface area contributed by atoms with Crippen LogP contribution < -0.4 is 4.90 Å². The molecular formula is C22H29N5O. The van der Waals surface area contributed by atoms with E-state index in [2.05, 4.69) is 4.98 Å². The summed E-state index contributed by atoms with van der Waals surface area (Å²) in [6.45, 7) is 1.34. The SMILES string of the molecule is CN(C)c1nc(-c2ccncc2)nc2c1CCN(C(=O)CCC1CCCC1)C2. The Balaban J connectivity index is 1.54. The molecule has 1 saturated carbocycles. The number of rotatable bonds is 5. The molecule has 0 N–H and O–H groups in total. The molecular weight excluding hydrogens is 350 g/mol. The van der Waals surface area contributed by atoms with E-state index >= 15 is 0 Å². The Morgan fingerprint density at radius 1 is 1.18 bits per heavy atom. The lowest BCUT2D eigenvalue weighted by Gasteiger charge is -2.31. The summed E-state index contributed by atoms with van der Waals surface area (Å²) in [6, 6.07) is 3.85. The molecule has 2 aromatic rings. The summed E-state index contributed by atoms with van der Waals surface area (Å²) in [5.41, 5.74) is 3.10. The standard InChI is InChI=1S/C22H29N5O/c1-26(2)22-18-11-14-27(20(28)8-7-16-5-3-4-6-16)15-19(18)24-21(25-22)17-9-12-23-13-10-17/h9-10,12-13,16H,3-8,11,14-15H2,1-2H3. The van der Waals surface area contributed by atoms with Crippen molar-refractivity contribution in [3.63, 3.8) is 0 Å². The molecule has 0 bridgehead atoms. The van der Waals surface area contributed by atoms with E-state index in [0.717, 1.165) is 42.4 Å². The van der Waals surface area contributed by atoms with Gasteiger partial charge in [-0.2, -0.15) is 0 Å². The van der Waals surface area contributed by atoms with Crippen LogP contribution in [0, 0.1) is 5.92 Å². The number of nitrogens with zero attached hydrogens (tertiary/aromatic N) is 5.